The van der Waals surface area contributed by atoms with Crippen LogP contribution in [0.15, 0.2) is 27.9 Å². The van der Waals surface area contributed by atoms with Crippen LogP contribution in [0.4, 0.5) is 0 Å². The van der Waals surface area contributed by atoms with Crippen molar-refractivity contribution < 1.29 is 81.2 Å². The third-order valence-electron chi connectivity index (χ3n) is 1.96. The summed E-state index contributed by atoms with van der Waals surface area (Å²) in [6.07, 6.45) is 3.96. The monoisotopic (exact) mass is 743 g/mol. The zero-order valence-corrected chi connectivity index (χ0v) is 20.0. The minimum absolute atomic E-state index is 0.159. The average molecular weight is 743 g/mol. The third kappa shape index (κ3) is 3.78. The van der Waals surface area contributed by atoms with Gasteiger partial charge in [-0.2, -0.15) is 0 Å². The summed E-state index contributed by atoms with van der Waals surface area (Å²) in [7, 11) is 0.586. The Bertz CT molecular complexity index is 538. The summed E-state index contributed by atoms with van der Waals surface area (Å²) >= 11 is 3.69. The molecular formula is C8H4ClNO2UVWY. The Balaban J connectivity index is 2.48. The van der Waals surface area contributed by atoms with Gasteiger partial charge in [0.1, 0.15) is 0 Å². The van der Waals surface area contributed by atoms with Crippen molar-refractivity contribution in [3.05, 3.63) is 38.0 Å². The molecule has 0 aromatic carbocycles. The van der Waals surface area contributed by atoms with E-state index in [1.165, 1.54) is 8.18 Å². The Morgan fingerprint density at radius 2 is 2.38 bits per heavy atom. The van der Waals surface area contributed by atoms with Gasteiger partial charge in [-0.05, 0) is 0 Å². The number of halogens is 1. The van der Waals surface area contributed by atoms with E-state index in [1.807, 2.05) is 16.6 Å². The van der Waals surface area contributed by atoms with Crippen LogP contribution in [0.2, 0.25) is 0 Å². The Morgan fingerprint density at radius 1 is 1.56 bits per heavy atom. The third-order valence-corrected chi connectivity index (χ3v) is 45.2. The average Bonchev–Trinajstić information content (AvgIpc) is 2.30. The zero-order chi connectivity index (χ0) is 11.5. The van der Waals surface area contributed by atoms with Crippen molar-refractivity contribution in [1.82, 2.24) is 0 Å². The van der Waals surface area contributed by atoms with Crippen molar-refractivity contribution in [2.45, 2.75) is 0 Å². The molecule has 0 saturated carbocycles. The van der Waals surface area contributed by atoms with Crippen LogP contribution in [0, 0.1) is 34.1 Å². The molecule has 2 heterocycles. The Morgan fingerprint density at radius 3 is 3.00 bits per heavy atom. The standard InChI is InChI=1S/C8H4ClNO2.U.V.W.Y/c1-7(4-3-5-9)6-8(2)10(11)12;;;;/h1-4H;;;;. The van der Waals surface area contributed by atoms with Crippen LogP contribution in [0.5, 0.6) is 0 Å². The van der Waals surface area contributed by atoms with Crippen LogP contribution in [0.25, 0.3) is 0 Å². The zero-order valence-electron chi connectivity index (χ0n) is 7.88. The van der Waals surface area contributed by atoms with E-state index in [0.717, 1.165) is 1.84 Å². The van der Waals surface area contributed by atoms with Gasteiger partial charge < -0.3 is 0 Å². The number of hydrogen-bond donors (Lipinski definition) is 0. The molecule has 0 fully saturated rings. The Kier molecular flexibility index (Phi) is 6.36. The van der Waals surface area contributed by atoms with Gasteiger partial charge in [0, 0.05) is 0 Å². The van der Waals surface area contributed by atoms with E-state index < -0.39 is 68.4 Å². The SMILES string of the molecule is O=[N+]([O-])C1=[C](C2=CC=[C](Cl)[Y]=[CH]2)[U]=[V][W]=[CH]1. The molecule has 78 valence electrons. The molecule has 0 saturated heterocycles. The van der Waals surface area contributed by atoms with Crippen LogP contribution < -0.4 is 0 Å². The number of allylic oxidation sites excluding steroid dienone is 5. The first kappa shape index (κ1) is 14.5. The summed E-state index contributed by atoms with van der Waals surface area (Å²) < 4.78 is 6.42. The summed E-state index contributed by atoms with van der Waals surface area (Å²) in [4.78, 5) is 10.8. The summed E-state index contributed by atoms with van der Waals surface area (Å²) in [6.45, 7) is 0. The van der Waals surface area contributed by atoms with E-state index in [2.05, 4.69) is 2.80 Å². The van der Waals surface area contributed by atoms with Crippen molar-refractivity contribution in [3.8, 4) is 0 Å². The molecule has 2 rings (SSSR count). The van der Waals surface area contributed by atoms with E-state index in [4.69, 9.17) is 11.6 Å². The van der Waals surface area contributed by atoms with Gasteiger partial charge in [0.15, 0.2) is 0 Å². The topological polar surface area (TPSA) is 43.1 Å². The number of nitro groups is 1. The summed E-state index contributed by atoms with van der Waals surface area (Å²) in [5, 5.41) is 11.0. The second-order valence-electron chi connectivity index (χ2n) is 2.95. The van der Waals surface area contributed by atoms with Gasteiger partial charge in [-0.3, -0.25) is 0 Å². The normalized spacial score (nSPS) is 17.6. The van der Waals surface area contributed by atoms with Crippen molar-refractivity contribution in [2.24, 2.45) is 0 Å². The van der Waals surface area contributed by atoms with E-state index in [0.29, 0.717) is 13.6 Å². The first-order valence-corrected chi connectivity index (χ1v) is 25.8. The van der Waals surface area contributed by atoms with Crippen molar-refractivity contribution in [2.75, 3.05) is 0 Å². The van der Waals surface area contributed by atoms with Gasteiger partial charge in [0.05, 0.1) is 0 Å². The first-order valence-electron chi connectivity index (χ1n) is 4.28. The van der Waals surface area contributed by atoms with E-state index >= 15 is 0 Å². The Hall–Kier alpha value is 2.08. The molecule has 0 amide bonds. The molecule has 0 spiro atoms. The fourth-order valence-electron chi connectivity index (χ4n) is 1.23. The molecule has 2 aliphatic heterocycles. The fourth-order valence-corrected chi connectivity index (χ4v) is 46.3. The molecule has 8 heteroatoms. The summed E-state index contributed by atoms with van der Waals surface area (Å²) in [5.41, 5.74) is 1.66. The van der Waals surface area contributed by atoms with Gasteiger partial charge in [-0.15, -0.1) is 0 Å². The van der Waals surface area contributed by atoms with Crippen LogP contribution in [-0.4, -0.2) is 12.1 Å². The van der Waals surface area contributed by atoms with Gasteiger partial charge in [-0.25, -0.2) is 0 Å². The van der Waals surface area contributed by atoms with E-state index in [1.54, 1.807) is 0 Å². The molecule has 0 aromatic heterocycles. The molecule has 0 unspecified atom stereocenters. The fraction of sp³-hybridized carbons (Fsp3) is 0. The van der Waals surface area contributed by atoms with E-state index in [-0.39, 0.29) is 4.92 Å². The first-order chi connectivity index (χ1) is 7.68. The van der Waals surface area contributed by atoms with Crippen molar-refractivity contribution in [1.29, 1.82) is 0 Å². The summed E-state index contributed by atoms with van der Waals surface area (Å²) in [5.74, 6) is 0. The molecule has 0 atom stereocenters. The molecule has 0 N–H and O–H groups in total. The number of hydrogen-bond acceptors (Lipinski definition) is 2. The van der Waals surface area contributed by atoms with Gasteiger partial charge in [0.25, 0.3) is 0 Å². The van der Waals surface area contributed by atoms with Crippen LogP contribution in [0.3, 0.4) is 0 Å². The predicted molar refractivity (Wildman–Crippen MR) is 48.2 cm³/mol. The number of rotatable bonds is 2. The summed E-state index contributed by atoms with van der Waals surface area (Å²) in [6, 6.07) is 0. The maximum atomic E-state index is 11.0. The van der Waals surface area contributed by atoms with Crippen LogP contribution in [-0.2, 0) is 52.3 Å². The molecule has 0 aromatic rings. The molecular weight excluding hydrogens is 739 g/mol. The number of nitrogens with zero attached hydrogens (tertiary/aromatic N) is 1. The van der Waals surface area contributed by atoms with Crippen LogP contribution >= 0.6 is 11.6 Å². The van der Waals surface area contributed by atoms with Gasteiger partial charge >= 0.3 is 138 Å². The molecule has 0 bridgehead atoms. The van der Waals surface area contributed by atoms with Crippen molar-refractivity contribution >= 4 is 18.8 Å². The molecule has 3 nitrogen and oxygen atoms in total. The predicted octanol–water partition coefficient (Wildman–Crippen LogP) is 1.28. The van der Waals surface area contributed by atoms with E-state index in [9.17, 15) is 10.1 Å². The molecule has 16 heavy (non-hydrogen) atoms. The van der Waals surface area contributed by atoms with Crippen LogP contribution in [0.1, 0.15) is 0 Å². The molecule has 2 aliphatic rings. The maximum absolute atomic E-state index is 11.0. The van der Waals surface area contributed by atoms with Gasteiger partial charge in [-0.1, -0.05) is 0 Å². The van der Waals surface area contributed by atoms with Crippen molar-refractivity contribution in [3.63, 3.8) is 0 Å². The molecule has 0 aliphatic carbocycles. The quantitative estimate of drug-likeness (QED) is 0.317. The Labute approximate surface area is 135 Å². The second kappa shape index (κ2) is 7.02. The molecule has 0 radical (unpaired) electrons. The second-order valence-corrected chi connectivity index (χ2v) is 46.7. The van der Waals surface area contributed by atoms with Gasteiger partial charge in [0.2, 0.25) is 0 Å². The minimum atomic E-state index is -0.941.